The normalized spacial score (nSPS) is 11.2. The van der Waals surface area contributed by atoms with Crippen molar-refractivity contribution in [3.8, 4) is 11.8 Å². The van der Waals surface area contributed by atoms with E-state index in [0.717, 1.165) is 11.1 Å². The molecule has 2 rings (SSSR count). The van der Waals surface area contributed by atoms with E-state index in [1.54, 1.807) is 0 Å². The first-order chi connectivity index (χ1) is 27.7. The molecule has 0 amide bonds. The first kappa shape index (κ1) is 49.9. The van der Waals surface area contributed by atoms with Gasteiger partial charge in [0.05, 0.1) is 0 Å². The van der Waals surface area contributed by atoms with Crippen molar-refractivity contribution in [2.24, 2.45) is 7.05 Å². The highest BCUT2D eigenvalue weighted by Crippen LogP contribution is 2.20. The molecule has 2 nitrogen and oxygen atoms in total. The first-order valence-corrected chi connectivity index (χ1v) is 25.0. The van der Waals surface area contributed by atoms with Gasteiger partial charge in [-0.3, -0.25) is 0 Å². The Morgan fingerprint density at radius 3 is 0.875 bits per heavy atom. The van der Waals surface area contributed by atoms with Crippen molar-refractivity contribution in [3.05, 3.63) is 59.9 Å². The summed E-state index contributed by atoms with van der Waals surface area (Å²) in [5.74, 6) is 6.71. The molecule has 1 heterocycles. The summed E-state index contributed by atoms with van der Waals surface area (Å²) in [6.07, 6.45) is 55.7. The topological polar surface area (TPSA) is 7.12 Å². The summed E-state index contributed by atoms with van der Waals surface area (Å²) >= 11 is 0. The molecule has 1 aromatic heterocycles. The number of benzene rings is 1. The van der Waals surface area contributed by atoms with Gasteiger partial charge in [-0.25, -0.2) is 4.57 Å². The number of rotatable bonds is 39. The van der Waals surface area contributed by atoms with Gasteiger partial charge >= 0.3 is 0 Å². The summed E-state index contributed by atoms with van der Waals surface area (Å²) < 4.78 is 2.05. The molecular weight excluding hydrogens is 677 g/mol. The molecule has 2 heteroatoms. The molecular formula is C54H93N2+. The number of aryl methyl sites for hydroxylation is 1. The third-order valence-electron chi connectivity index (χ3n) is 12.1. The van der Waals surface area contributed by atoms with Gasteiger partial charge in [0.25, 0.3) is 0 Å². The second-order valence-corrected chi connectivity index (χ2v) is 17.6. The highest BCUT2D eigenvalue weighted by molar-refractivity contribution is 5.51. The van der Waals surface area contributed by atoms with Crippen LogP contribution in [0.25, 0.3) is 0 Å². The molecule has 0 aliphatic rings. The minimum atomic E-state index is 1.07. The lowest BCUT2D eigenvalue weighted by atomic mass is 10.0. The number of hydrogen-bond donors (Lipinski definition) is 0. The van der Waals surface area contributed by atoms with E-state index in [2.05, 4.69) is 83.9 Å². The smallest absolute Gasteiger partial charge is 0.169 e. The van der Waals surface area contributed by atoms with E-state index < -0.39 is 0 Å². The van der Waals surface area contributed by atoms with Gasteiger partial charge < -0.3 is 4.90 Å². The SMILES string of the molecule is CCCCCCCCCCCCCCCCCCCCN(CCCCCCCCCCCCCCCCCCCC)c1ccc(C#Cc2cc[n+](C)cc2)cc1. The monoisotopic (exact) mass is 770 g/mol. The third kappa shape index (κ3) is 29.9. The van der Waals surface area contributed by atoms with Gasteiger partial charge in [0.2, 0.25) is 0 Å². The van der Waals surface area contributed by atoms with Gasteiger partial charge in [-0.05, 0) is 37.1 Å². The Labute approximate surface area is 350 Å². The zero-order chi connectivity index (χ0) is 39.8. The fraction of sp³-hybridized carbons (Fsp3) is 0.759. The third-order valence-corrected chi connectivity index (χ3v) is 12.1. The summed E-state index contributed by atoms with van der Waals surface area (Å²) in [6, 6.07) is 13.3. The molecule has 0 saturated heterocycles. The molecule has 0 N–H and O–H groups in total. The predicted molar refractivity (Wildman–Crippen MR) is 250 cm³/mol. The lowest BCUT2D eigenvalue weighted by molar-refractivity contribution is -0.671. The fourth-order valence-corrected chi connectivity index (χ4v) is 8.26. The zero-order valence-electron chi connectivity index (χ0n) is 37.9. The summed E-state index contributed by atoms with van der Waals surface area (Å²) in [7, 11) is 2.05. The molecule has 0 spiro atoms. The quantitative estimate of drug-likeness (QED) is 0.0373. The maximum atomic E-state index is 3.38. The van der Waals surface area contributed by atoms with Gasteiger partial charge in [-0.15, -0.1) is 0 Å². The second-order valence-electron chi connectivity index (χ2n) is 17.6. The van der Waals surface area contributed by atoms with E-state index in [1.165, 1.54) is 250 Å². The van der Waals surface area contributed by atoms with E-state index in [0.29, 0.717) is 0 Å². The van der Waals surface area contributed by atoms with Crippen LogP contribution in [0.1, 0.15) is 256 Å². The number of unbranched alkanes of at least 4 members (excludes halogenated alkanes) is 34. The summed E-state index contributed by atoms with van der Waals surface area (Å²) in [5.41, 5.74) is 3.54. The average Bonchev–Trinajstić information content (AvgIpc) is 3.22. The molecule has 56 heavy (non-hydrogen) atoms. The molecule has 0 radical (unpaired) electrons. The fourth-order valence-electron chi connectivity index (χ4n) is 8.26. The Hall–Kier alpha value is -2.27. The molecule has 0 unspecified atom stereocenters. The molecule has 0 atom stereocenters. The van der Waals surface area contributed by atoms with E-state index in [4.69, 9.17) is 0 Å². The van der Waals surface area contributed by atoms with Crippen LogP contribution in [0.3, 0.4) is 0 Å². The molecule has 1 aromatic carbocycles. The van der Waals surface area contributed by atoms with Crippen LogP contribution in [-0.2, 0) is 7.05 Å². The van der Waals surface area contributed by atoms with Crippen LogP contribution in [0.2, 0.25) is 0 Å². The van der Waals surface area contributed by atoms with E-state index >= 15 is 0 Å². The van der Waals surface area contributed by atoms with E-state index in [9.17, 15) is 0 Å². The maximum absolute atomic E-state index is 3.38. The largest absolute Gasteiger partial charge is 0.372 e. The van der Waals surface area contributed by atoms with Gasteiger partial charge in [-0.1, -0.05) is 244 Å². The second kappa shape index (κ2) is 38.3. The number of anilines is 1. The van der Waals surface area contributed by atoms with Crippen molar-refractivity contribution >= 4 is 5.69 Å². The van der Waals surface area contributed by atoms with Gasteiger partial charge in [0.1, 0.15) is 7.05 Å². The Kier molecular flexibility index (Phi) is 34.1. The molecule has 318 valence electrons. The van der Waals surface area contributed by atoms with E-state index in [-0.39, 0.29) is 0 Å². The van der Waals surface area contributed by atoms with Crippen molar-refractivity contribution in [1.82, 2.24) is 0 Å². The highest BCUT2D eigenvalue weighted by Gasteiger charge is 2.07. The van der Waals surface area contributed by atoms with E-state index in [1.807, 2.05) is 7.05 Å². The van der Waals surface area contributed by atoms with Gasteiger partial charge in [0, 0.05) is 42.0 Å². The molecule has 2 aromatic rings. The molecule has 0 aliphatic heterocycles. The van der Waals surface area contributed by atoms with Crippen molar-refractivity contribution < 1.29 is 4.57 Å². The molecule has 0 fully saturated rings. The van der Waals surface area contributed by atoms with Crippen LogP contribution in [0.4, 0.5) is 5.69 Å². The average molecular weight is 770 g/mol. The van der Waals surface area contributed by atoms with Crippen LogP contribution in [0, 0.1) is 11.8 Å². The Morgan fingerprint density at radius 2 is 0.589 bits per heavy atom. The summed E-state index contributed by atoms with van der Waals surface area (Å²) in [4.78, 5) is 2.67. The Balaban J connectivity index is 1.58. The molecule has 0 aliphatic carbocycles. The van der Waals surface area contributed by atoms with Gasteiger partial charge in [0.15, 0.2) is 12.4 Å². The minimum absolute atomic E-state index is 1.07. The van der Waals surface area contributed by atoms with Crippen LogP contribution < -0.4 is 9.47 Å². The number of pyridine rings is 1. The molecule has 0 saturated carbocycles. The summed E-state index contributed by atoms with van der Waals surface area (Å²) in [6.45, 7) is 6.99. The first-order valence-electron chi connectivity index (χ1n) is 25.0. The lowest BCUT2D eigenvalue weighted by Crippen LogP contribution is -2.25. The van der Waals surface area contributed by atoms with Crippen molar-refractivity contribution in [2.45, 2.75) is 245 Å². The predicted octanol–water partition coefficient (Wildman–Crippen LogP) is 16.8. The lowest BCUT2D eigenvalue weighted by Gasteiger charge is -2.25. The summed E-state index contributed by atoms with van der Waals surface area (Å²) in [5, 5.41) is 0. The highest BCUT2D eigenvalue weighted by atomic mass is 15.1. The van der Waals surface area contributed by atoms with Crippen molar-refractivity contribution in [2.75, 3.05) is 18.0 Å². The number of nitrogens with zero attached hydrogens (tertiary/aromatic N) is 2. The van der Waals surface area contributed by atoms with Gasteiger partial charge in [-0.2, -0.15) is 0 Å². The Morgan fingerprint density at radius 1 is 0.339 bits per heavy atom. The van der Waals surface area contributed by atoms with Crippen LogP contribution in [-0.4, -0.2) is 13.1 Å². The number of hydrogen-bond acceptors (Lipinski definition) is 1. The van der Waals surface area contributed by atoms with Crippen molar-refractivity contribution in [3.63, 3.8) is 0 Å². The Bertz CT molecular complexity index is 1120. The molecule has 0 bridgehead atoms. The van der Waals surface area contributed by atoms with Crippen LogP contribution in [0.15, 0.2) is 48.8 Å². The minimum Gasteiger partial charge on any atom is -0.372 e. The van der Waals surface area contributed by atoms with Crippen LogP contribution >= 0.6 is 0 Å². The maximum Gasteiger partial charge on any atom is 0.169 e. The van der Waals surface area contributed by atoms with Crippen LogP contribution in [0.5, 0.6) is 0 Å². The standard InChI is InChI=1S/C54H93N2/c1-4-6-8-10-12-14-16-18-20-22-24-26-28-30-32-34-36-38-48-56(54-44-42-52(43-45-54)40-41-53-46-50-55(3)51-47-53)49-39-37-35-33-31-29-27-25-23-21-19-17-15-13-11-9-7-5-2/h42-47,50-51H,4-39,48-49H2,1-3H3/q+1. The number of aromatic nitrogens is 1. The van der Waals surface area contributed by atoms with Crippen molar-refractivity contribution in [1.29, 1.82) is 0 Å². The zero-order valence-corrected chi connectivity index (χ0v) is 37.9.